The zero-order chi connectivity index (χ0) is 28.4. The van der Waals surface area contributed by atoms with Gasteiger partial charge >= 0.3 is 12.3 Å². The topological polar surface area (TPSA) is 134 Å². The van der Waals surface area contributed by atoms with Crippen LogP contribution in [0.15, 0.2) is 42.5 Å². The molecule has 1 aliphatic carbocycles. The largest absolute Gasteiger partial charge is 0.509 e. The molecule has 1 aromatic carbocycles. The highest BCUT2D eigenvalue weighted by atomic mass is 28.4. The molecule has 1 saturated heterocycles. The number of nitrogens with zero attached hydrogens (tertiary/aromatic N) is 2. The Morgan fingerprint density at radius 3 is 2.24 bits per heavy atom. The molecule has 0 N–H and O–H groups in total. The van der Waals surface area contributed by atoms with Crippen molar-refractivity contribution < 1.29 is 42.6 Å². The van der Waals surface area contributed by atoms with Gasteiger partial charge in [0.05, 0.1) is 20.6 Å². The van der Waals surface area contributed by atoms with Crippen molar-refractivity contribution >= 4 is 26.5 Å². The molecule has 12 heteroatoms. The number of hydrogen-bond donors (Lipinski definition) is 0. The quantitative estimate of drug-likeness (QED) is 0.211. The van der Waals surface area contributed by atoms with E-state index in [-0.39, 0.29) is 24.0 Å². The van der Waals surface area contributed by atoms with E-state index in [1.165, 1.54) is 12.2 Å². The van der Waals surface area contributed by atoms with Crippen LogP contribution in [0.5, 0.6) is 0 Å². The van der Waals surface area contributed by atoms with E-state index in [0.29, 0.717) is 0 Å². The fourth-order valence-corrected chi connectivity index (χ4v) is 5.36. The van der Waals surface area contributed by atoms with Gasteiger partial charge in [-0.2, -0.15) is 5.26 Å². The molecule has 206 valence electrons. The lowest BCUT2D eigenvalue weighted by Gasteiger charge is -2.57. The Bertz CT molecular complexity index is 1130. The predicted molar refractivity (Wildman–Crippen MR) is 136 cm³/mol. The van der Waals surface area contributed by atoms with Gasteiger partial charge in [-0.3, -0.25) is 9.63 Å². The monoisotopic (exact) mass is 546 g/mol. The van der Waals surface area contributed by atoms with Gasteiger partial charge in [-0.05, 0) is 29.8 Å². The predicted octanol–water partition coefficient (Wildman–Crippen LogP) is 4.25. The molecule has 1 amide bonds. The number of hydroxylamine groups is 2. The lowest BCUT2D eigenvalue weighted by molar-refractivity contribution is -0.282. The molecule has 3 rings (SSSR count). The number of benzene rings is 1. The Kier molecular flexibility index (Phi) is 8.26. The van der Waals surface area contributed by atoms with Crippen molar-refractivity contribution in [1.82, 2.24) is 5.06 Å². The molecule has 11 nitrogen and oxygen atoms in total. The van der Waals surface area contributed by atoms with Crippen LogP contribution in [0, 0.1) is 11.3 Å². The standard InChI is InChI=1S/C26H34N2O9Si/c1-24(2,3)38(6,7)37-21-20(35-22(30)32-4)25(13-14-26(21,17-27)36-23(31)33-5)15-19(29)28(25)34-16-18-11-9-8-10-12-18/h8-14,20-21H,15-16H2,1-7H3. The molecular formula is C26H34N2O9Si. The molecule has 1 fully saturated rings. The number of ether oxygens (including phenoxy) is 4. The van der Waals surface area contributed by atoms with Crippen LogP contribution in [0.4, 0.5) is 9.59 Å². The van der Waals surface area contributed by atoms with E-state index in [4.69, 9.17) is 23.5 Å². The van der Waals surface area contributed by atoms with Crippen molar-refractivity contribution in [3.63, 3.8) is 0 Å². The van der Waals surface area contributed by atoms with Crippen LogP contribution in [-0.4, -0.2) is 69.2 Å². The minimum atomic E-state index is -2.72. The summed E-state index contributed by atoms with van der Waals surface area (Å²) < 4.78 is 27.2. The Labute approximate surface area is 223 Å². The van der Waals surface area contributed by atoms with Gasteiger partial charge in [0.25, 0.3) is 0 Å². The maximum Gasteiger partial charge on any atom is 0.509 e. The zero-order valence-electron chi connectivity index (χ0n) is 22.7. The SMILES string of the molecule is COC(=O)OC1C(O[Si](C)(C)C(C)(C)C)C(C#N)(OC(=O)OC)C=CC12CC(=O)N2OCc1ccccc1. The fraction of sp³-hybridized carbons (Fsp3) is 0.538. The number of carbonyl (C=O) groups excluding carboxylic acids is 3. The summed E-state index contributed by atoms with van der Waals surface area (Å²) in [5.41, 5.74) is -2.59. The molecule has 4 unspecified atom stereocenters. The first-order valence-electron chi connectivity index (χ1n) is 12.1. The van der Waals surface area contributed by atoms with Gasteiger partial charge in [-0.15, -0.1) is 0 Å². The van der Waals surface area contributed by atoms with Crippen molar-refractivity contribution in [2.45, 2.75) is 75.3 Å². The summed E-state index contributed by atoms with van der Waals surface area (Å²) in [6.45, 7) is 9.89. The lowest BCUT2D eigenvalue weighted by Crippen LogP contribution is -2.76. The zero-order valence-corrected chi connectivity index (χ0v) is 23.7. The summed E-state index contributed by atoms with van der Waals surface area (Å²) in [7, 11) is -0.474. The van der Waals surface area contributed by atoms with E-state index in [0.717, 1.165) is 24.8 Å². The first kappa shape index (κ1) is 29.2. The normalized spacial score (nSPS) is 26.8. The number of hydrogen-bond acceptors (Lipinski definition) is 10. The number of rotatable bonds is 7. The maximum absolute atomic E-state index is 12.8. The van der Waals surface area contributed by atoms with Crippen molar-refractivity contribution in [2.75, 3.05) is 14.2 Å². The summed E-state index contributed by atoms with van der Waals surface area (Å²) in [4.78, 5) is 43.5. The van der Waals surface area contributed by atoms with E-state index in [2.05, 4.69) is 4.74 Å². The van der Waals surface area contributed by atoms with Gasteiger partial charge in [-0.25, -0.2) is 14.7 Å². The second kappa shape index (κ2) is 10.8. The van der Waals surface area contributed by atoms with E-state index < -0.39 is 44.0 Å². The molecule has 0 bridgehead atoms. The number of β-lactam (4-membered cyclic amide) rings is 1. The van der Waals surface area contributed by atoms with Gasteiger partial charge in [0.1, 0.15) is 24.3 Å². The molecule has 1 aromatic rings. The summed E-state index contributed by atoms with van der Waals surface area (Å²) in [6.07, 6.45) is -2.19. The highest BCUT2D eigenvalue weighted by Crippen LogP contribution is 2.49. The number of nitriles is 1. The Balaban J connectivity index is 2.13. The molecule has 4 atom stereocenters. The van der Waals surface area contributed by atoms with Crippen LogP contribution < -0.4 is 0 Å². The van der Waals surface area contributed by atoms with Crippen LogP contribution in [-0.2, 0) is 39.6 Å². The highest BCUT2D eigenvalue weighted by Gasteiger charge is 2.68. The van der Waals surface area contributed by atoms with Crippen LogP contribution in [0.2, 0.25) is 18.1 Å². The third-order valence-corrected chi connectivity index (χ3v) is 11.7. The highest BCUT2D eigenvalue weighted by molar-refractivity contribution is 6.74. The summed E-state index contributed by atoms with van der Waals surface area (Å²) in [6, 6.07) is 11.2. The molecule has 1 aliphatic heterocycles. The molecule has 0 saturated carbocycles. The smallest absolute Gasteiger partial charge is 0.438 e. The van der Waals surface area contributed by atoms with E-state index in [9.17, 15) is 19.6 Å². The van der Waals surface area contributed by atoms with Gasteiger partial charge in [0, 0.05) is 0 Å². The third-order valence-electron chi connectivity index (χ3n) is 7.26. The van der Waals surface area contributed by atoms with Gasteiger partial charge < -0.3 is 23.4 Å². The molecule has 38 heavy (non-hydrogen) atoms. The molecule has 1 heterocycles. The van der Waals surface area contributed by atoms with E-state index in [1.54, 1.807) is 0 Å². The summed E-state index contributed by atoms with van der Waals surface area (Å²) in [5, 5.41) is 11.1. The Morgan fingerprint density at radius 1 is 1.08 bits per heavy atom. The van der Waals surface area contributed by atoms with Crippen molar-refractivity contribution in [2.24, 2.45) is 0 Å². The Morgan fingerprint density at radius 2 is 1.71 bits per heavy atom. The van der Waals surface area contributed by atoms with Gasteiger partial charge in [0.2, 0.25) is 11.5 Å². The first-order chi connectivity index (χ1) is 17.7. The minimum absolute atomic E-state index is 0.0585. The number of carbonyl (C=O) groups is 3. The first-order valence-corrected chi connectivity index (χ1v) is 15.0. The van der Waals surface area contributed by atoms with Crippen LogP contribution >= 0.6 is 0 Å². The van der Waals surface area contributed by atoms with Crippen LogP contribution in [0.25, 0.3) is 0 Å². The average Bonchev–Trinajstić information content (AvgIpc) is 2.86. The number of amides is 1. The Hall–Kier alpha value is -3.40. The molecule has 1 spiro atoms. The molecule has 0 aromatic heterocycles. The maximum atomic E-state index is 12.8. The fourth-order valence-electron chi connectivity index (χ4n) is 4.07. The second-order valence-corrected chi connectivity index (χ2v) is 15.5. The van der Waals surface area contributed by atoms with Gasteiger partial charge in [0.15, 0.2) is 14.4 Å². The van der Waals surface area contributed by atoms with E-state index in [1.807, 2.05) is 70.3 Å². The summed E-state index contributed by atoms with van der Waals surface area (Å²) in [5.74, 6) is -0.367. The minimum Gasteiger partial charge on any atom is -0.438 e. The third kappa shape index (κ3) is 5.40. The van der Waals surface area contributed by atoms with Crippen LogP contribution in [0.1, 0.15) is 32.8 Å². The molecule has 0 radical (unpaired) electrons. The van der Waals surface area contributed by atoms with Crippen molar-refractivity contribution in [3.8, 4) is 6.07 Å². The molecule has 2 aliphatic rings. The van der Waals surface area contributed by atoms with Crippen LogP contribution in [0.3, 0.4) is 0 Å². The summed E-state index contributed by atoms with van der Waals surface area (Å²) >= 11 is 0. The second-order valence-electron chi connectivity index (χ2n) is 10.7. The average molecular weight is 547 g/mol. The number of methoxy groups -OCH3 is 2. The van der Waals surface area contributed by atoms with Crippen molar-refractivity contribution in [3.05, 3.63) is 48.0 Å². The lowest BCUT2D eigenvalue weighted by atomic mass is 9.70. The van der Waals surface area contributed by atoms with E-state index >= 15 is 0 Å². The molecular weight excluding hydrogens is 512 g/mol. The van der Waals surface area contributed by atoms with Crippen molar-refractivity contribution in [1.29, 1.82) is 5.26 Å². The van der Waals surface area contributed by atoms with Gasteiger partial charge in [-0.1, -0.05) is 57.2 Å².